The van der Waals surface area contributed by atoms with Gasteiger partial charge in [0.05, 0.1) is 5.52 Å². The van der Waals surface area contributed by atoms with Crippen LogP contribution in [0.1, 0.15) is 25.7 Å². The summed E-state index contributed by atoms with van der Waals surface area (Å²) in [6, 6.07) is 1.97. The number of anilines is 1. The number of hydrogen-bond donors (Lipinski definition) is 2. The van der Waals surface area contributed by atoms with Gasteiger partial charge in [-0.25, -0.2) is 9.97 Å². The molecule has 2 N–H and O–H groups in total. The fourth-order valence-corrected chi connectivity index (χ4v) is 3.56. The number of hydrogen-bond acceptors (Lipinski definition) is 4. The molecular formula is C15H19N5O. The van der Waals surface area contributed by atoms with Gasteiger partial charge in [-0.1, -0.05) is 0 Å². The summed E-state index contributed by atoms with van der Waals surface area (Å²) in [5.74, 6) is 1.20. The van der Waals surface area contributed by atoms with Crippen LogP contribution in [-0.2, 0) is 4.79 Å². The van der Waals surface area contributed by atoms with E-state index in [2.05, 4.69) is 25.2 Å². The van der Waals surface area contributed by atoms with Crippen LogP contribution in [0, 0.1) is 5.41 Å². The smallest absolute Gasteiger partial charge is 0.220 e. The SMILES string of the molecule is O=C1CCC2(CCN(c3ncnc4cc[nH]c34)CC2)CN1. The Bertz CT molecular complexity index is 660. The van der Waals surface area contributed by atoms with Crippen LogP contribution in [0.3, 0.4) is 0 Å². The zero-order valence-electron chi connectivity index (χ0n) is 11.9. The first kappa shape index (κ1) is 12.6. The molecule has 2 aliphatic heterocycles. The van der Waals surface area contributed by atoms with E-state index in [4.69, 9.17) is 0 Å². The lowest BCUT2D eigenvalue weighted by molar-refractivity contribution is -0.124. The van der Waals surface area contributed by atoms with Gasteiger partial charge in [0.25, 0.3) is 0 Å². The molecule has 0 saturated carbocycles. The first-order chi connectivity index (χ1) is 10.3. The van der Waals surface area contributed by atoms with Gasteiger partial charge in [-0.2, -0.15) is 0 Å². The Kier molecular flexibility index (Phi) is 2.83. The molecule has 2 saturated heterocycles. The molecule has 4 rings (SSSR count). The van der Waals surface area contributed by atoms with Crippen molar-refractivity contribution >= 4 is 22.8 Å². The maximum absolute atomic E-state index is 11.3. The molecule has 1 spiro atoms. The van der Waals surface area contributed by atoms with Crippen molar-refractivity contribution < 1.29 is 4.79 Å². The highest BCUT2D eigenvalue weighted by Crippen LogP contribution is 2.39. The highest BCUT2D eigenvalue weighted by atomic mass is 16.1. The predicted molar refractivity (Wildman–Crippen MR) is 80.0 cm³/mol. The lowest BCUT2D eigenvalue weighted by Crippen LogP contribution is -2.49. The average Bonchev–Trinajstić information content (AvgIpc) is 3.00. The summed E-state index contributed by atoms with van der Waals surface area (Å²) in [5.41, 5.74) is 2.28. The Morgan fingerprint density at radius 2 is 2.05 bits per heavy atom. The molecule has 6 nitrogen and oxygen atoms in total. The van der Waals surface area contributed by atoms with Crippen LogP contribution in [0.25, 0.3) is 11.0 Å². The maximum atomic E-state index is 11.3. The largest absolute Gasteiger partial charge is 0.357 e. The van der Waals surface area contributed by atoms with Crippen molar-refractivity contribution in [3.63, 3.8) is 0 Å². The molecular weight excluding hydrogens is 266 g/mol. The van der Waals surface area contributed by atoms with Crippen LogP contribution < -0.4 is 10.2 Å². The Morgan fingerprint density at radius 1 is 1.19 bits per heavy atom. The molecule has 0 atom stereocenters. The van der Waals surface area contributed by atoms with Crippen molar-refractivity contribution in [2.75, 3.05) is 24.5 Å². The van der Waals surface area contributed by atoms with E-state index in [9.17, 15) is 4.79 Å². The quantitative estimate of drug-likeness (QED) is 0.832. The van der Waals surface area contributed by atoms with E-state index in [1.807, 2.05) is 12.3 Å². The van der Waals surface area contributed by atoms with Gasteiger partial charge in [-0.05, 0) is 30.7 Å². The number of nitrogens with one attached hydrogen (secondary N) is 2. The highest BCUT2D eigenvalue weighted by molar-refractivity contribution is 5.85. The molecule has 0 unspecified atom stereocenters. The van der Waals surface area contributed by atoms with E-state index in [1.165, 1.54) is 0 Å². The van der Waals surface area contributed by atoms with E-state index in [0.29, 0.717) is 11.8 Å². The molecule has 0 radical (unpaired) electrons. The summed E-state index contributed by atoms with van der Waals surface area (Å²) >= 11 is 0. The summed E-state index contributed by atoms with van der Waals surface area (Å²) in [5, 5.41) is 3.03. The van der Waals surface area contributed by atoms with E-state index < -0.39 is 0 Å². The van der Waals surface area contributed by atoms with Crippen LogP contribution in [0.2, 0.25) is 0 Å². The summed E-state index contributed by atoms with van der Waals surface area (Å²) in [4.78, 5) is 25.7. The van der Waals surface area contributed by atoms with Crippen molar-refractivity contribution in [3.8, 4) is 0 Å². The van der Waals surface area contributed by atoms with Crippen molar-refractivity contribution in [1.29, 1.82) is 0 Å². The molecule has 0 aliphatic carbocycles. The number of piperidine rings is 2. The van der Waals surface area contributed by atoms with Gasteiger partial charge < -0.3 is 15.2 Å². The van der Waals surface area contributed by atoms with E-state index >= 15 is 0 Å². The second kappa shape index (κ2) is 4.72. The molecule has 110 valence electrons. The van der Waals surface area contributed by atoms with Crippen LogP contribution in [0.5, 0.6) is 0 Å². The number of carbonyl (C=O) groups excluding carboxylic acids is 1. The Morgan fingerprint density at radius 3 is 2.81 bits per heavy atom. The average molecular weight is 285 g/mol. The minimum atomic E-state index is 0.201. The van der Waals surface area contributed by atoms with E-state index in [-0.39, 0.29) is 5.91 Å². The number of nitrogens with zero attached hydrogens (tertiary/aromatic N) is 3. The third-order valence-corrected chi connectivity index (χ3v) is 4.99. The normalized spacial score (nSPS) is 21.7. The molecule has 21 heavy (non-hydrogen) atoms. The lowest BCUT2D eigenvalue weighted by atomic mass is 9.73. The van der Waals surface area contributed by atoms with Crippen molar-refractivity contribution in [2.24, 2.45) is 5.41 Å². The molecule has 2 aromatic heterocycles. The van der Waals surface area contributed by atoms with Crippen molar-refractivity contribution in [3.05, 3.63) is 18.6 Å². The molecule has 1 amide bonds. The molecule has 6 heteroatoms. The first-order valence-electron chi connectivity index (χ1n) is 7.56. The van der Waals surface area contributed by atoms with E-state index in [0.717, 1.165) is 55.7 Å². The van der Waals surface area contributed by atoms with Crippen molar-refractivity contribution in [1.82, 2.24) is 20.3 Å². The summed E-state index contributed by atoms with van der Waals surface area (Å²) in [6.07, 6.45) is 7.46. The molecule has 2 fully saturated rings. The van der Waals surface area contributed by atoms with Crippen LogP contribution >= 0.6 is 0 Å². The molecule has 0 bridgehead atoms. The first-order valence-corrected chi connectivity index (χ1v) is 7.56. The summed E-state index contributed by atoms with van der Waals surface area (Å²) < 4.78 is 0. The molecule has 4 heterocycles. The van der Waals surface area contributed by atoms with Gasteiger partial charge in [0.2, 0.25) is 5.91 Å². The van der Waals surface area contributed by atoms with Gasteiger partial charge in [-0.15, -0.1) is 0 Å². The standard InChI is InChI=1S/C15H19N5O/c21-12-1-3-15(9-17-12)4-7-20(8-5-15)14-13-11(2-6-16-13)18-10-19-14/h2,6,10,16H,1,3-5,7-9H2,(H,17,21). The zero-order valence-corrected chi connectivity index (χ0v) is 11.9. The van der Waals surface area contributed by atoms with Gasteiger partial charge in [-0.3, -0.25) is 4.79 Å². The second-order valence-electron chi connectivity index (χ2n) is 6.20. The van der Waals surface area contributed by atoms with Gasteiger partial charge in [0.1, 0.15) is 11.8 Å². The monoisotopic (exact) mass is 285 g/mol. The summed E-state index contributed by atoms with van der Waals surface area (Å²) in [7, 11) is 0. The Balaban J connectivity index is 1.52. The van der Waals surface area contributed by atoms with Crippen molar-refractivity contribution in [2.45, 2.75) is 25.7 Å². The summed E-state index contributed by atoms with van der Waals surface area (Å²) in [6.45, 7) is 2.81. The van der Waals surface area contributed by atoms with Gasteiger partial charge >= 0.3 is 0 Å². The molecule has 2 aromatic rings. The maximum Gasteiger partial charge on any atom is 0.220 e. The zero-order chi connectivity index (χ0) is 14.3. The number of aromatic amines is 1. The van der Waals surface area contributed by atoms with Crippen LogP contribution in [-0.4, -0.2) is 40.5 Å². The van der Waals surface area contributed by atoms with E-state index in [1.54, 1.807) is 6.33 Å². The molecule has 0 aromatic carbocycles. The van der Waals surface area contributed by atoms with Crippen LogP contribution in [0.15, 0.2) is 18.6 Å². The number of aromatic nitrogens is 3. The third-order valence-electron chi connectivity index (χ3n) is 4.99. The minimum absolute atomic E-state index is 0.201. The number of H-pyrrole nitrogens is 1. The fourth-order valence-electron chi connectivity index (χ4n) is 3.56. The van der Waals surface area contributed by atoms with Gasteiger partial charge in [0.15, 0.2) is 5.82 Å². The minimum Gasteiger partial charge on any atom is -0.357 e. The van der Waals surface area contributed by atoms with Crippen LogP contribution in [0.4, 0.5) is 5.82 Å². The second-order valence-corrected chi connectivity index (χ2v) is 6.20. The topological polar surface area (TPSA) is 73.9 Å². The molecule has 2 aliphatic rings. The third kappa shape index (κ3) is 2.14. The number of fused-ring (bicyclic) bond motifs is 1. The highest BCUT2D eigenvalue weighted by Gasteiger charge is 2.38. The predicted octanol–water partition coefficient (Wildman–Crippen LogP) is 1.45. The Hall–Kier alpha value is -2.11. The number of carbonyl (C=O) groups is 1. The number of rotatable bonds is 1. The Labute approximate surface area is 123 Å². The fraction of sp³-hybridized carbons (Fsp3) is 0.533. The van der Waals surface area contributed by atoms with Gasteiger partial charge in [0, 0.05) is 32.3 Å². The number of amides is 1. The lowest BCUT2D eigenvalue weighted by Gasteiger charge is -2.44.